The minimum Gasteiger partial charge on any atom is -0.340 e. The molecular weight excluding hydrogens is 393 g/mol. The lowest BCUT2D eigenvalue weighted by Crippen LogP contribution is -2.41. The molecule has 28 heavy (non-hydrogen) atoms. The third kappa shape index (κ3) is 4.06. The highest BCUT2D eigenvalue weighted by Gasteiger charge is 2.31. The molecule has 3 aromatic rings. The number of aromatic nitrogens is 3. The standard InChI is InChI=1S/C18H17F3N4O2S/c1-9-13(14(26)24-17(3,4)16-23-10(2)27-25-16)28-15(22-9)11-5-7-12(8-6-11)18(19,20)21/h5-8H,1-4H3,(H,24,26). The second-order valence-corrected chi connectivity index (χ2v) is 7.72. The molecule has 1 N–H and O–H groups in total. The third-order valence-corrected chi connectivity index (χ3v) is 5.18. The summed E-state index contributed by atoms with van der Waals surface area (Å²) in [5, 5.41) is 7.13. The molecule has 3 rings (SSSR count). The minimum absolute atomic E-state index is 0.337. The van der Waals surface area contributed by atoms with Crippen LogP contribution in [0.1, 0.15) is 46.5 Å². The fourth-order valence-corrected chi connectivity index (χ4v) is 3.45. The molecule has 1 amide bonds. The highest BCUT2D eigenvalue weighted by atomic mass is 32.1. The number of amides is 1. The predicted octanol–water partition coefficient (Wildman–Crippen LogP) is 4.49. The Labute approximate surface area is 162 Å². The summed E-state index contributed by atoms with van der Waals surface area (Å²) < 4.78 is 43.1. The Morgan fingerprint density at radius 2 is 1.75 bits per heavy atom. The van der Waals surface area contributed by atoms with Gasteiger partial charge in [0.25, 0.3) is 5.91 Å². The lowest BCUT2D eigenvalue weighted by Gasteiger charge is -2.21. The number of carbonyl (C=O) groups is 1. The summed E-state index contributed by atoms with van der Waals surface area (Å²) in [6, 6.07) is 4.67. The van der Waals surface area contributed by atoms with Crippen LogP contribution in [0.3, 0.4) is 0 Å². The van der Waals surface area contributed by atoms with Crippen LogP contribution in [0.25, 0.3) is 10.6 Å². The quantitative estimate of drug-likeness (QED) is 0.685. The number of nitrogens with one attached hydrogen (secondary N) is 1. The monoisotopic (exact) mass is 410 g/mol. The van der Waals surface area contributed by atoms with Crippen molar-refractivity contribution in [2.45, 2.75) is 39.4 Å². The Morgan fingerprint density at radius 3 is 2.29 bits per heavy atom. The van der Waals surface area contributed by atoms with Crippen molar-refractivity contribution >= 4 is 17.2 Å². The second kappa shape index (κ2) is 7.01. The molecule has 0 aliphatic heterocycles. The van der Waals surface area contributed by atoms with Gasteiger partial charge in [-0.05, 0) is 32.9 Å². The van der Waals surface area contributed by atoms with Crippen LogP contribution < -0.4 is 5.32 Å². The maximum Gasteiger partial charge on any atom is 0.416 e. The first-order chi connectivity index (χ1) is 13.0. The number of alkyl halides is 3. The van der Waals surface area contributed by atoms with E-state index in [9.17, 15) is 18.0 Å². The van der Waals surface area contributed by atoms with Gasteiger partial charge in [-0.15, -0.1) is 11.3 Å². The maximum atomic E-state index is 12.7. The lowest BCUT2D eigenvalue weighted by molar-refractivity contribution is -0.137. The van der Waals surface area contributed by atoms with Crippen LogP contribution in [0.15, 0.2) is 28.8 Å². The predicted molar refractivity (Wildman–Crippen MR) is 96.8 cm³/mol. The van der Waals surface area contributed by atoms with Gasteiger partial charge >= 0.3 is 6.18 Å². The smallest absolute Gasteiger partial charge is 0.340 e. The number of nitrogens with zero attached hydrogens (tertiary/aromatic N) is 3. The zero-order valence-electron chi connectivity index (χ0n) is 15.5. The number of aryl methyl sites for hydroxylation is 2. The largest absolute Gasteiger partial charge is 0.416 e. The first kappa shape index (κ1) is 20.0. The fourth-order valence-electron chi connectivity index (χ4n) is 2.48. The molecule has 2 heterocycles. The molecule has 1 aromatic carbocycles. The van der Waals surface area contributed by atoms with Gasteiger partial charge < -0.3 is 9.84 Å². The van der Waals surface area contributed by atoms with Crippen LogP contribution in [0, 0.1) is 13.8 Å². The molecular formula is C18H17F3N4O2S. The van der Waals surface area contributed by atoms with Gasteiger partial charge in [-0.3, -0.25) is 4.79 Å². The van der Waals surface area contributed by atoms with E-state index in [0.29, 0.717) is 32.9 Å². The molecule has 0 radical (unpaired) electrons. The Balaban J connectivity index is 1.82. The lowest BCUT2D eigenvalue weighted by atomic mass is 10.0. The molecule has 10 heteroatoms. The number of hydrogen-bond acceptors (Lipinski definition) is 6. The van der Waals surface area contributed by atoms with Crippen LogP contribution in [-0.2, 0) is 11.7 Å². The van der Waals surface area contributed by atoms with Gasteiger partial charge in [0.05, 0.1) is 16.8 Å². The van der Waals surface area contributed by atoms with Crippen molar-refractivity contribution in [2.24, 2.45) is 0 Å². The molecule has 148 valence electrons. The summed E-state index contributed by atoms with van der Waals surface area (Å²) in [7, 11) is 0. The van der Waals surface area contributed by atoms with E-state index in [0.717, 1.165) is 23.5 Å². The van der Waals surface area contributed by atoms with E-state index in [4.69, 9.17) is 4.52 Å². The van der Waals surface area contributed by atoms with Gasteiger partial charge in [0.2, 0.25) is 5.89 Å². The second-order valence-electron chi connectivity index (χ2n) is 6.72. The van der Waals surface area contributed by atoms with Gasteiger partial charge in [-0.1, -0.05) is 17.3 Å². The minimum atomic E-state index is -4.40. The van der Waals surface area contributed by atoms with Gasteiger partial charge in [0.1, 0.15) is 9.88 Å². The van der Waals surface area contributed by atoms with E-state index < -0.39 is 17.3 Å². The number of rotatable bonds is 4. The average molecular weight is 410 g/mol. The van der Waals surface area contributed by atoms with Crippen molar-refractivity contribution in [3.05, 3.63) is 52.1 Å². The molecule has 2 aromatic heterocycles. The molecule has 0 atom stereocenters. The van der Waals surface area contributed by atoms with Crippen LogP contribution in [0.4, 0.5) is 13.2 Å². The van der Waals surface area contributed by atoms with E-state index in [1.165, 1.54) is 12.1 Å². The number of hydrogen-bond donors (Lipinski definition) is 1. The van der Waals surface area contributed by atoms with Crippen molar-refractivity contribution in [1.29, 1.82) is 0 Å². The highest BCUT2D eigenvalue weighted by molar-refractivity contribution is 7.17. The summed E-state index contributed by atoms with van der Waals surface area (Å²) in [5.41, 5.74) is -0.620. The normalized spacial score (nSPS) is 12.2. The zero-order chi connectivity index (χ0) is 20.7. The summed E-state index contributed by atoms with van der Waals surface area (Å²) in [5.74, 6) is 0.347. The molecule has 0 fully saturated rings. The number of carbonyl (C=O) groups excluding carboxylic acids is 1. The van der Waals surface area contributed by atoms with Gasteiger partial charge in [-0.2, -0.15) is 18.2 Å². The van der Waals surface area contributed by atoms with Crippen molar-refractivity contribution in [3.63, 3.8) is 0 Å². The van der Waals surface area contributed by atoms with E-state index in [-0.39, 0.29) is 5.91 Å². The number of halogens is 3. The summed E-state index contributed by atoms with van der Waals surface area (Å²) in [6.07, 6.45) is -4.40. The van der Waals surface area contributed by atoms with Crippen molar-refractivity contribution < 1.29 is 22.5 Å². The molecule has 0 aliphatic rings. The summed E-state index contributed by atoms with van der Waals surface area (Å²) >= 11 is 1.11. The molecule has 0 saturated heterocycles. The third-order valence-electron chi connectivity index (χ3n) is 3.97. The van der Waals surface area contributed by atoms with E-state index >= 15 is 0 Å². The molecule has 6 nitrogen and oxygen atoms in total. The summed E-state index contributed by atoms with van der Waals surface area (Å²) in [4.78, 5) is 21.5. The van der Waals surface area contributed by atoms with Crippen LogP contribution >= 0.6 is 11.3 Å². The topological polar surface area (TPSA) is 80.9 Å². The average Bonchev–Trinajstić information content (AvgIpc) is 3.20. The molecule has 0 aliphatic carbocycles. The molecule has 0 bridgehead atoms. The SMILES string of the molecule is Cc1nc(C(C)(C)NC(=O)c2sc(-c3ccc(C(F)(F)F)cc3)nc2C)no1. The van der Waals surface area contributed by atoms with E-state index in [1.807, 2.05) is 0 Å². The molecule has 0 unspecified atom stereocenters. The van der Waals surface area contributed by atoms with Gasteiger partial charge in [-0.25, -0.2) is 4.98 Å². The Morgan fingerprint density at radius 1 is 1.11 bits per heavy atom. The van der Waals surface area contributed by atoms with Crippen LogP contribution in [-0.4, -0.2) is 21.0 Å². The van der Waals surface area contributed by atoms with Gasteiger partial charge in [0.15, 0.2) is 5.82 Å². The number of thiazole rings is 1. The van der Waals surface area contributed by atoms with Crippen molar-refractivity contribution in [3.8, 4) is 10.6 Å². The first-order valence-electron chi connectivity index (χ1n) is 8.26. The summed E-state index contributed by atoms with van der Waals surface area (Å²) in [6.45, 7) is 6.80. The van der Waals surface area contributed by atoms with Crippen LogP contribution in [0.2, 0.25) is 0 Å². The van der Waals surface area contributed by atoms with Crippen LogP contribution in [0.5, 0.6) is 0 Å². The van der Waals surface area contributed by atoms with Crippen molar-refractivity contribution in [2.75, 3.05) is 0 Å². The molecule has 0 spiro atoms. The van der Waals surface area contributed by atoms with Gasteiger partial charge in [0, 0.05) is 12.5 Å². The number of benzene rings is 1. The van der Waals surface area contributed by atoms with E-state index in [1.54, 1.807) is 27.7 Å². The Hall–Kier alpha value is -2.75. The first-order valence-corrected chi connectivity index (χ1v) is 9.07. The van der Waals surface area contributed by atoms with E-state index in [2.05, 4.69) is 20.4 Å². The fraction of sp³-hybridized carbons (Fsp3) is 0.333. The van der Waals surface area contributed by atoms with Crippen molar-refractivity contribution in [1.82, 2.24) is 20.4 Å². The Bertz CT molecular complexity index is 1010. The maximum absolute atomic E-state index is 12.7. The molecule has 0 saturated carbocycles. The zero-order valence-corrected chi connectivity index (χ0v) is 16.3. The highest BCUT2D eigenvalue weighted by Crippen LogP contribution is 2.33. The Kier molecular flexibility index (Phi) is 5.00.